The summed E-state index contributed by atoms with van der Waals surface area (Å²) in [5.74, 6) is -0.0210. The zero-order chi connectivity index (χ0) is 24.5. The van der Waals surface area contributed by atoms with Gasteiger partial charge in [0.1, 0.15) is 11.4 Å². The molecule has 2 heterocycles. The van der Waals surface area contributed by atoms with Crippen LogP contribution in [-0.4, -0.2) is 31.4 Å². The number of anilines is 1. The summed E-state index contributed by atoms with van der Waals surface area (Å²) < 4.78 is 3.08. The van der Waals surface area contributed by atoms with E-state index in [1.54, 1.807) is 48.1 Å². The fourth-order valence-corrected chi connectivity index (χ4v) is 4.16. The maximum absolute atomic E-state index is 13.0. The van der Waals surface area contributed by atoms with Gasteiger partial charge in [0, 0.05) is 42.0 Å². The number of hydrogen-bond donors (Lipinski definition) is 3. The van der Waals surface area contributed by atoms with Crippen molar-refractivity contribution in [1.82, 2.24) is 19.7 Å². The highest BCUT2D eigenvalue weighted by Gasteiger charge is 2.31. The van der Waals surface area contributed by atoms with Crippen LogP contribution in [0.3, 0.4) is 0 Å². The average molecular weight is 490 g/mol. The standard InChI is InChI=1S/C26H24ClN5O3/c1-31-12-4-7-22(31)25(34)29-18-10-11-24(33)19(13-18)21-14-23(16-8-9-16)32(30-21)26(35)28-15-17-5-2-3-6-20(17)27/h2-7,10-14,16,33H,8-9,15H2,1H3,(H,28,35)(H,29,34). The second-order valence-electron chi connectivity index (χ2n) is 8.58. The normalized spacial score (nSPS) is 13.0. The molecule has 0 unspecified atom stereocenters. The van der Waals surface area contributed by atoms with E-state index >= 15 is 0 Å². The molecule has 9 heteroatoms. The first kappa shape index (κ1) is 22.7. The highest BCUT2D eigenvalue weighted by Crippen LogP contribution is 2.42. The number of aryl methyl sites for hydroxylation is 1. The van der Waals surface area contributed by atoms with Gasteiger partial charge in [-0.2, -0.15) is 9.78 Å². The lowest BCUT2D eigenvalue weighted by Crippen LogP contribution is -2.30. The molecule has 2 aromatic carbocycles. The molecular weight excluding hydrogens is 466 g/mol. The van der Waals surface area contributed by atoms with Crippen molar-refractivity contribution in [3.8, 4) is 17.0 Å². The lowest BCUT2D eigenvalue weighted by atomic mass is 10.1. The van der Waals surface area contributed by atoms with Crippen molar-refractivity contribution in [2.45, 2.75) is 25.3 Å². The number of halogens is 1. The van der Waals surface area contributed by atoms with Gasteiger partial charge in [-0.3, -0.25) is 4.79 Å². The molecule has 0 saturated heterocycles. The number of nitrogens with zero attached hydrogens (tertiary/aromatic N) is 3. The minimum Gasteiger partial charge on any atom is -0.507 e. The second-order valence-corrected chi connectivity index (χ2v) is 8.99. The van der Waals surface area contributed by atoms with E-state index in [2.05, 4.69) is 15.7 Å². The number of benzene rings is 2. The molecule has 0 radical (unpaired) electrons. The molecule has 1 fully saturated rings. The first-order chi connectivity index (χ1) is 16.9. The molecule has 0 bridgehead atoms. The Labute approximate surface area is 207 Å². The molecule has 0 aliphatic heterocycles. The van der Waals surface area contributed by atoms with Crippen molar-refractivity contribution in [1.29, 1.82) is 0 Å². The van der Waals surface area contributed by atoms with Crippen molar-refractivity contribution in [3.05, 3.63) is 88.8 Å². The fourth-order valence-electron chi connectivity index (χ4n) is 3.96. The minimum absolute atomic E-state index is 0.00494. The molecule has 1 aliphatic carbocycles. The van der Waals surface area contributed by atoms with Gasteiger partial charge in [0.15, 0.2) is 0 Å². The molecule has 4 aromatic rings. The number of hydrogen-bond acceptors (Lipinski definition) is 4. The van der Waals surface area contributed by atoms with Gasteiger partial charge in [0.2, 0.25) is 0 Å². The van der Waals surface area contributed by atoms with Crippen LogP contribution in [0.2, 0.25) is 5.02 Å². The van der Waals surface area contributed by atoms with Crippen molar-refractivity contribution in [2.75, 3.05) is 5.32 Å². The zero-order valence-corrected chi connectivity index (χ0v) is 19.8. The van der Waals surface area contributed by atoms with E-state index in [1.165, 1.54) is 10.7 Å². The number of aromatic nitrogens is 3. The van der Waals surface area contributed by atoms with E-state index in [-0.39, 0.29) is 30.2 Å². The molecule has 35 heavy (non-hydrogen) atoms. The molecule has 5 rings (SSSR count). The van der Waals surface area contributed by atoms with Crippen LogP contribution < -0.4 is 10.6 Å². The lowest BCUT2D eigenvalue weighted by molar-refractivity contribution is 0.101. The maximum Gasteiger partial charge on any atom is 0.342 e. The third kappa shape index (κ3) is 4.79. The zero-order valence-electron chi connectivity index (χ0n) is 19.0. The smallest absolute Gasteiger partial charge is 0.342 e. The lowest BCUT2D eigenvalue weighted by Gasteiger charge is -2.09. The van der Waals surface area contributed by atoms with Gasteiger partial charge >= 0.3 is 6.03 Å². The van der Waals surface area contributed by atoms with Crippen LogP contribution in [0.1, 0.15) is 40.5 Å². The quantitative estimate of drug-likeness (QED) is 0.326. The van der Waals surface area contributed by atoms with Gasteiger partial charge in [0.05, 0.1) is 11.4 Å². The van der Waals surface area contributed by atoms with E-state index in [4.69, 9.17) is 11.6 Å². The molecule has 1 aliphatic rings. The summed E-state index contributed by atoms with van der Waals surface area (Å²) in [6, 6.07) is 17.1. The van der Waals surface area contributed by atoms with E-state index in [9.17, 15) is 14.7 Å². The number of aromatic hydroxyl groups is 1. The molecule has 0 spiro atoms. The van der Waals surface area contributed by atoms with Gasteiger partial charge in [-0.15, -0.1) is 0 Å². The summed E-state index contributed by atoms with van der Waals surface area (Å²) in [4.78, 5) is 25.6. The number of phenols is 1. The predicted octanol–water partition coefficient (Wildman–Crippen LogP) is 5.14. The van der Waals surface area contributed by atoms with Crippen LogP contribution >= 0.6 is 11.6 Å². The topological polar surface area (TPSA) is 101 Å². The molecular formula is C26H24ClN5O3. The van der Waals surface area contributed by atoms with E-state index < -0.39 is 0 Å². The molecule has 178 valence electrons. The van der Waals surface area contributed by atoms with E-state index in [1.807, 2.05) is 24.3 Å². The number of carbonyl (C=O) groups excluding carboxylic acids is 2. The molecule has 1 saturated carbocycles. The highest BCUT2D eigenvalue weighted by molar-refractivity contribution is 6.31. The number of phenolic OH excluding ortho intramolecular Hbond substituents is 1. The molecule has 8 nitrogen and oxygen atoms in total. The Morgan fingerprint density at radius 1 is 1.11 bits per heavy atom. The summed E-state index contributed by atoms with van der Waals surface area (Å²) >= 11 is 6.21. The number of rotatable bonds is 6. The fraction of sp³-hybridized carbons (Fsp3) is 0.192. The predicted molar refractivity (Wildman–Crippen MR) is 134 cm³/mol. The van der Waals surface area contributed by atoms with Gasteiger partial charge in [-0.25, -0.2) is 4.79 Å². The summed E-state index contributed by atoms with van der Waals surface area (Å²) in [6.45, 7) is 0.268. The van der Waals surface area contributed by atoms with Crippen LogP contribution in [0.15, 0.2) is 66.9 Å². The Balaban J connectivity index is 1.40. The average Bonchev–Trinajstić information content (AvgIpc) is 3.44. The summed E-state index contributed by atoms with van der Waals surface area (Å²) in [5, 5.41) is 21.4. The van der Waals surface area contributed by atoms with Gasteiger partial charge in [-0.1, -0.05) is 29.8 Å². The van der Waals surface area contributed by atoms with Crippen LogP contribution in [0.5, 0.6) is 5.75 Å². The molecule has 0 atom stereocenters. The largest absolute Gasteiger partial charge is 0.507 e. The summed E-state index contributed by atoms with van der Waals surface area (Å²) in [6.07, 6.45) is 3.74. The highest BCUT2D eigenvalue weighted by atomic mass is 35.5. The first-order valence-corrected chi connectivity index (χ1v) is 11.7. The first-order valence-electron chi connectivity index (χ1n) is 11.3. The van der Waals surface area contributed by atoms with Crippen LogP contribution in [0, 0.1) is 0 Å². The summed E-state index contributed by atoms with van der Waals surface area (Å²) in [5.41, 5.74) is 3.49. The van der Waals surface area contributed by atoms with Crippen LogP contribution in [0.25, 0.3) is 11.3 Å². The maximum atomic E-state index is 13.0. The SMILES string of the molecule is Cn1cccc1C(=O)Nc1ccc(O)c(-c2cc(C3CC3)n(C(=O)NCc3ccccc3Cl)n2)c1. The van der Waals surface area contributed by atoms with Crippen LogP contribution in [0.4, 0.5) is 10.5 Å². The van der Waals surface area contributed by atoms with Gasteiger partial charge < -0.3 is 20.3 Å². The van der Waals surface area contributed by atoms with Crippen molar-refractivity contribution in [3.63, 3.8) is 0 Å². The molecule has 2 amide bonds. The van der Waals surface area contributed by atoms with Crippen LogP contribution in [-0.2, 0) is 13.6 Å². The third-order valence-corrected chi connectivity index (χ3v) is 6.39. The van der Waals surface area contributed by atoms with Crippen molar-refractivity contribution < 1.29 is 14.7 Å². The Morgan fingerprint density at radius 2 is 1.91 bits per heavy atom. The summed E-state index contributed by atoms with van der Waals surface area (Å²) in [7, 11) is 1.79. The minimum atomic E-state index is -0.370. The molecule has 2 aromatic heterocycles. The number of amides is 2. The Kier molecular flexibility index (Phi) is 6.05. The number of nitrogens with one attached hydrogen (secondary N) is 2. The van der Waals surface area contributed by atoms with E-state index in [0.29, 0.717) is 27.7 Å². The van der Waals surface area contributed by atoms with Crippen molar-refractivity contribution in [2.24, 2.45) is 7.05 Å². The third-order valence-electron chi connectivity index (χ3n) is 6.02. The van der Waals surface area contributed by atoms with E-state index in [0.717, 1.165) is 24.1 Å². The van der Waals surface area contributed by atoms with Crippen molar-refractivity contribution >= 4 is 29.2 Å². The Morgan fingerprint density at radius 3 is 2.63 bits per heavy atom. The van der Waals surface area contributed by atoms with Gasteiger partial charge in [0.25, 0.3) is 5.91 Å². The van der Waals surface area contributed by atoms with Gasteiger partial charge in [-0.05, 0) is 60.9 Å². The molecule has 3 N–H and O–H groups in total. The number of carbonyl (C=O) groups is 2. The second kappa shape index (κ2) is 9.31. The Bertz CT molecular complexity index is 1420. The monoisotopic (exact) mass is 489 g/mol. The Hall–Kier alpha value is -4.04.